The van der Waals surface area contributed by atoms with E-state index in [9.17, 15) is 4.79 Å². The van der Waals surface area contributed by atoms with Crippen molar-refractivity contribution in [2.75, 3.05) is 19.6 Å². The van der Waals surface area contributed by atoms with Gasteiger partial charge in [0, 0.05) is 27.1 Å². The number of hydrogen-bond acceptors (Lipinski definition) is 2. The predicted octanol–water partition coefficient (Wildman–Crippen LogP) is 4.00. The van der Waals surface area contributed by atoms with Crippen LogP contribution in [0.2, 0.25) is 0 Å². The highest BCUT2D eigenvalue weighted by Crippen LogP contribution is 2.38. The van der Waals surface area contributed by atoms with Crippen LogP contribution in [0.25, 0.3) is 0 Å². The Morgan fingerprint density at radius 2 is 1.83 bits per heavy atom. The Morgan fingerprint density at radius 3 is 2.61 bits per heavy atom. The first-order chi connectivity index (χ1) is 11.3. The van der Waals surface area contributed by atoms with Crippen LogP contribution in [0.4, 0.5) is 0 Å². The smallest absolute Gasteiger partial charge is 0.243 e. The number of rotatable bonds is 5. The number of amides is 1. The fourth-order valence-electron chi connectivity index (χ4n) is 5.29. The minimum absolute atomic E-state index is 0. The van der Waals surface area contributed by atoms with Crippen molar-refractivity contribution >= 4 is 5.91 Å². The van der Waals surface area contributed by atoms with E-state index in [2.05, 4.69) is 16.8 Å². The molecule has 3 rings (SSSR count). The third-order valence-electron chi connectivity index (χ3n) is 6.43. The maximum atomic E-state index is 11.5. The van der Waals surface area contributed by atoms with E-state index in [4.69, 9.17) is 0 Å². The van der Waals surface area contributed by atoms with Gasteiger partial charge in [0.25, 0.3) is 0 Å². The summed E-state index contributed by atoms with van der Waals surface area (Å²) in [7, 11) is 0. The molecule has 3 unspecified atom stereocenters. The van der Waals surface area contributed by atoms with Crippen molar-refractivity contribution in [3.05, 3.63) is 12.7 Å². The molecule has 0 aromatic heterocycles. The lowest BCUT2D eigenvalue weighted by molar-refractivity contribution is -0.116. The molecule has 3 fully saturated rings. The van der Waals surface area contributed by atoms with Crippen LogP contribution in [0, 0.1) is 17.8 Å². The van der Waals surface area contributed by atoms with Crippen molar-refractivity contribution in [3.63, 3.8) is 0 Å². The second-order valence-electron chi connectivity index (χ2n) is 8.12. The zero-order chi connectivity index (χ0) is 16.1. The summed E-state index contributed by atoms with van der Waals surface area (Å²) >= 11 is 0. The van der Waals surface area contributed by atoms with Crippen LogP contribution in [0.15, 0.2) is 12.7 Å². The summed E-state index contributed by atoms with van der Waals surface area (Å²) in [5.41, 5.74) is 0. The molecule has 0 spiro atoms. The molecule has 0 aromatic carbocycles. The van der Waals surface area contributed by atoms with Crippen LogP contribution >= 0.6 is 0 Å². The van der Waals surface area contributed by atoms with E-state index in [0.717, 1.165) is 24.4 Å². The Kier molecular flexibility index (Phi) is 6.15. The third-order valence-corrected chi connectivity index (χ3v) is 6.43. The van der Waals surface area contributed by atoms with Crippen molar-refractivity contribution in [2.24, 2.45) is 17.8 Å². The van der Waals surface area contributed by atoms with Gasteiger partial charge in [-0.25, -0.2) is 0 Å². The molecule has 1 saturated heterocycles. The first-order valence-electron chi connectivity index (χ1n) is 9.90. The Bertz CT molecular complexity index is 408. The Labute approximate surface area is 143 Å². The van der Waals surface area contributed by atoms with Gasteiger partial charge in [0.15, 0.2) is 0 Å². The van der Waals surface area contributed by atoms with E-state index in [0.29, 0.717) is 5.92 Å². The minimum Gasteiger partial charge on any atom is -0.352 e. The summed E-state index contributed by atoms with van der Waals surface area (Å²) in [6, 6.07) is 0.831. The summed E-state index contributed by atoms with van der Waals surface area (Å²) in [6.45, 7) is 6.89. The molecule has 2 saturated carbocycles. The lowest BCUT2D eigenvalue weighted by Gasteiger charge is -2.48. The maximum absolute atomic E-state index is 11.5. The molecule has 0 radical (unpaired) electrons. The molecule has 3 aliphatic rings. The first kappa shape index (κ1) is 17.0. The van der Waals surface area contributed by atoms with Gasteiger partial charge in [-0.2, -0.15) is 0 Å². The highest BCUT2D eigenvalue weighted by atomic mass is 16.1. The molecule has 1 heterocycles. The second-order valence-corrected chi connectivity index (χ2v) is 8.12. The SMILES string of the molecule is C=CC(=O)NCC1CC2CCCCC2N(CC2CCCCC2)C1.[HH]. The van der Waals surface area contributed by atoms with Gasteiger partial charge in [-0.1, -0.05) is 38.7 Å². The Balaban J connectivity index is 0.00000208. The van der Waals surface area contributed by atoms with E-state index in [-0.39, 0.29) is 7.33 Å². The zero-order valence-electron chi connectivity index (χ0n) is 14.6. The topological polar surface area (TPSA) is 32.3 Å². The van der Waals surface area contributed by atoms with Crippen molar-refractivity contribution < 1.29 is 6.22 Å². The molecule has 1 N–H and O–H groups in total. The first-order valence-corrected chi connectivity index (χ1v) is 9.90. The minimum atomic E-state index is -0.0189. The van der Waals surface area contributed by atoms with Gasteiger partial charge in [-0.15, -0.1) is 0 Å². The van der Waals surface area contributed by atoms with Crippen LogP contribution in [-0.2, 0) is 4.79 Å². The highest BCUT2D eigenvalue weighted by Gasteiger charge is 2.38. The predicted molar refractivity (Wildman–Crippen MR) is 97.3 cm³/mol. The van der Waals surface area contributed by atoms with Gasteiger partial charge in [0.2, 0.25) is 5.91 Å². The fraction of sp³-hybridized carbons (Fsp3) is 0.850. The largest absolute Gasteiger partial charge is 0.352 e. The fourth-order valence-corrected chi connectivity index (χ4v) is 5.29. The molecule has 3 atom stereocenters. The van der Waals surface area contributed by atoms with Crippen molar-refractivity contribution in [1.29, 1.82) is 0 Å². The number of nitrogens with one attached hydrogen (secondary N) is 1. The zero-order valence-corrected chi connectivity index (χ0v) is 14.6. The molecular formula is C20H36N2O. The molecule has 2 aliphatic carbocycles. The third kappa shape index (κ3) is 4.59. The van der Waals surface area contributed by atoms with Gasteiger partial charge in [0.1, 0.15) is 0 Å². The van der Waals surface area contributed by atoms with Gasteiger partial charge in [-0.05, 0) is 55.9 Å². The molecular weight excluding hydrogens is 284 g/mol. The number of hydrogen-bond donors (Lipinski definition) is 1. The van der Waals surface area contributed by atoms with E-state index in [1.165, 1.54) is 83.4 Å². The van der Waals surface area contributed by atoms with Crippen molar-refractivity contribution in [1.82, 2.24) is 10.2 Å². The average Bonchev–Trinajstić information content (AvgIpc) is 2.60. The summed E-state index contributed by atoms with van der Waals surface area (Å²) in [5.74, 6) is 2.40. The van der Waals surface area contributed by atoms with Crippen LogP contribution < -0.4 is 5.32 Å². The number of carbonyl (C=O) groups is 1. The van der Waals surface area contributed by atoms with Gasteiger partial charge >= 0.3 is 0 Å². The summed E-state index contributed by atoms with van der Waals surface area (Å²) in [6.07, 6.45) is 15.5. The molecule has 1 amide bonds. The van der Waals surface area contributed by atoms with Crippen LogP contribution in [0.1, 0.15) is 65.6 Å². The molecule has 0 bridgehead atoms. The summed E-state index contributed by atoms with van der Waals surface area (Å²) in [5, 5.41) is 3.04. The molecule has 3 nitrogen and oxygen atoms in total. The van der Waals surface area contributed by atoms with E-state index in [1.807, 2.05) is 0 Å². The maximum Gasteiger partial charge on any atom is 0.243 e. The summed E-state index contributed by atoms with van der Waals surface area (Å²) in [4.78, 5) is 14.3. The number of carbonyl (C=O) groups excluding carboxylic acids is 1. The van der Waals surface area contributed by atoms with Crippen LogP contribution in [0.5, 0.6) is 0 Å². The molecule has 23 heavy (non-hydrogen) atoms. The lowest BCUT2D eigenvalue weighted by atomic mass is 9.74. The Morgan fingerprint density at radius 1 is 1.09 bits per heavy atom. The molecule has 132 valence electrons. The number of likely N-dealkylation sites (tertiary alicyclic amines) is 1. The van der Waals surface area contributed by atoms with E-state index >= 15 is 0 Å². The average molecular weight is 321 g/mol. The highest BCUT2D eigenvalue weighted by molar-refractivity contribution is 5.86. The summed E-state index contributed by atoms with van der Waals surface area (Å²) < 4.78 is 0. The van der Waals surface area contributed by atoms with E-state index in [1.54, 1.807) is 0 Å². The Hall–Kier alpha value is -0.830. The van der Waals surface area contributed by atoms with Crippen molar-refractivity contribution in [3.8, 4) is 0 Å². The lowest BCUT2D eigenvalue weighted by Crippen LogP contribution is -2.53. The quantitative estimate of drug-likeness (QED) is 0.777. The normalized spacial score (nSPS) is 33.0. The standard InChI is InChI=1S/C20H34N2O.H2/c1-2-20(23)21-13-17-12-18-10-6-7-11-19(18)22(15-17)14-16-8-4-3-5-9-16;/h2,16-19H,1,3-15H2,(H,21,23);1H. The van der Waals surface area contributed by atoms with Crippen LogP contribution in [-0.4, -0.2) is 36.5 Å². The molecule has 1 aliphatic heterocycles. The second kappa shape index (κ2) is 8.32. The number of nitrogens with zero attached hydrogens (tertiary/aromatic N) is 1. The van der Waals surface area contributed by atoms with Crippen LogP contribution in [0.3, 0.4) is 0 Å². The van der Waals surface area contributed by atoms with Gasteiger partial charge < -0.3 is 5.32 Å². The molecule has 3 heteroatoms. The number of piperidine rings is 1. The molecule has 0 aromatic rings. The van der Waals surface area contributed by atoms with Crippen molar-refractivity contribution in [2.45, 2.75) is 70.3 Å². The monoisotopic (exact) mass is 320 g/mol. The van der Waals surface area contributed by atoms with Gasteiger partial charge in [-0.3, -0.25) is 9.69 Å². The number of fused-ring (bicyclic) bond motifs is 1. The van der Waals surface area contributed by atoms with Gasteiger partial charge in [0.05, 0.1) is 0 Å². The van der Waals surface area contributed by atoms with E-state index < -0.39 is 0 Å².